The minimum Gasteiger partial charge on any atom is -0.447 e. The van der Waals surface area contributed by atoms with Crippen LogP contribution in [0.5, 0.6) is 0 Å². The second-order valence-electron chi connectivity index (χ2n) is 1.52. The fraction of sp³-hybridized carbons (Fsp3) is 0.400. The van der Waals surface area contributed by atoms with E-state index in [1.54, 1.807) is 6.26 Å². The Balaban J connectivity index is 0.000000640. The Bertz CT molecular complexity index is 175. The van der Waals surface area contributed by atoms with Crippen LogP contribution in [0.3, 0.4) is 0 Å². The van der Waals surface area contributed by atoms with E-state index < -0.39 is 0 Å². The molecule has 1 heterocycles. The molecule has 0 aromatic carbocycles. The van der Waals surface area contributed by atoms with Crippen LogP contribution in [0.2, 0.25) is 0 Å². The van der Waals surface area contributed by atoms with Crippen LogP contribution in [0.4, 0.5) is 0 Å². The molecular weight excluding hydrogens is 161 g/mol. The maximum absolute atomic E-state index is 5.38. The summed E-state index contributed by atoms with van der Waals surface area (Å²) < 4.78 is 4.87. The van der Waals surface area contributed by atoms with Crippen LogP contribution < -0.4 is 0 Å². The first-order valence-corrected chi connectivity index (χ1v) is 2.83. The molecule has 0 atom stereocenters. The number of rotatable bonds is 1. The SMILES string of the molecule is Cc1coc(CCl)n1.Cl. The summed E-state index contributed by atoms with van der Waals surface area (Å²) in [5.74, 6) is 0.942. The number of aromatic nitrogens is 1. The van der Waals surface area contributed by atoms with E-state index in [9.17, 15) is 0 Å². The van der Waals surface area contributed by atoms with Gasteiger partial charge in [-0.2, -0.15) is 0 Å². The van der Waals surface area contributed by atoms with Crippen LogP contribution in [-0.2, 0) is 5.88 Å². The van der Waals surface area contributed by atoms with Gasteiger partial charge in [0.25, 0.3) is 0 Å². The number of oxazole rings is 1. The van der Waals surface area contributed by atoms with Crippen LogP contribution in [0.25, 0.3) is 0 Å². The second kappa shape index (κ2) is 3.75. The average Bonchev–Trinajstić information content (AvgIpc) is 2.14. The zero-order valence-corrected chi connectivity index (χ0v) is 6.50. The Kier molecular flexibility index (Phi) is 3.66. The van der Waals surface area contributed by atoms with Crippen LogP contribution >= 0.6 is 24.0 Å². The van der Waals surface area contributed by atoms with E-state index in [1.807, 2.05) is 6.92 Å². The molecule has 0 radical (unpaired) electrons. The van der Waals surface area contributed by atoms with E-state index in [0.29, 0.717) is 11.8 Å². The molecule has 2 nitrogen and oxygen atoms in total. The Morgan fingerprint density at radius 1 is 1.78 bits per heavy atom. The van der Waals surface area contributed by atoms with Crippen LogP contribution in [0, 0.1) is 6.92 Å². The smallest absolute Gasteiger partial charge is 0.209 e. The van der Waals surface area contributed by atoms with Crippen molar-refractivity contribution in [3.05, 3.63) is 17.8 Å². The van der Waals surface area contributed by atoms with E-state index >= 15 is 0 Å². The number of aryl methyl sites for hydroxylation is 1. The molecule has 9 heavy (non-hydrogen) atoms. The topological polar surface area (TPSA) is 26.0 Å². The second-order valence-corrected chi connectivity index (χ2v) is 1.78. The van der Waals surface area contributed by atoms with Crippen molar-refractivity contribution in [1.29, 1.82) is 0 Å². The molecule has 0 aliphatic carbocycles. The summed E-state index contributed by atoms with van der Waals surface area (Å²) in [6.07, 6.45) is 1.58. The van der Waals surface area contributed by atoms with E-state index in [0.717, 1.165) is 5.69 Å². The molecule has 0 spiro atoms. The number of hydrogen-bond donors (Lipinski definition) is 0. The van der Waals surface area contributed by atoms with Gasteiger partial charge in [-0.1, -0.05) is 0 Å². The van der Waals surface area contributed by atoms with Crippen molar-refractivity contribution in [2.24, 2.45) is 0 Å². The molecule has 0 amide bonds. The first-order valence-electron chi connectivity index (χ1n) is 2.30. The lowest BCUT2D eigenvalue weighted by Crippen LogP contribution is -1.74. The maximum atomic E-state index is 5.38. The molecule has 0 N–H and O–H groups in total. The van der Waals surface area contributed by atoms with Gasteiger partial charge in [-0.05, 0) is 6.92 Å². The maximum Gasteiger partial charge on any atom is 0.209 e. The molecule has 4 heteroatoms. The van der Waals surface area contributed by atoms with E-state index in [2.05, 4.69) is 4.98 Å². The predicted octanol–water partition coefficient (Wildman–Crippen LogP) is 2.14. The van der Waals surface area contributed by atoms with Crippen LogP contribution in [0.1, 0.15) is 11.6 Å². The van der Waals surface area contributed by atoms with Gasteiger partial charge < -0.3 is 4.42 Å². The molecule has 0 fully saturated rings. The minimum atomic E-state index is 0. The van der Waals surface area contributed by atoms with Gasteiger partial charge in [0.2, 0.25) is 5.89 Å². The third-order valence-corrected chi connectivity index (χ3v) is 1.01. The molecule has 0 bridgehead atoms. The van der Waals surface area contributed by atoms with E-state index in [4.69, 9.17) is 16.0 Å². The van der Waals surface area contributed by atoms with Crippen LogP contribution in [0.15, 0.2) is 10.7 Å². The highest BCUT2D eigenvalue weighted by molar-refractivity contribution is 6.16. The monoisotopic (exact) mass is 167 g/mol. The Hall–Kier alpha value is -0.210. The van der Waals surface area contributed by atoms with Crippen molar-refractivity contribution in [3.63, 3.8) is 0 Å². The Labute approximate surface area is 64.6 Å². The summed E-state index contributed by atoms with van der Waals surface area (Å²) in [5.41, 5.74) is 0.876. The summed E-state index contributed by atoms with van der Waals surface area (Å²) in [7, 11) is 0. The minimum absolute atomic E-state index is 0. The summed E-state index contributed by atoms with van der Waals surface area (Å²) in [4.78, 5) is 3.93. The summed E-state index contributed by atoms with van der Waals surface area (Å²) in [6, 6.07) is 0. The van der Waals surface area contributed by atoms with Gasteiger partial charge in [0.15, 0.2) is 0 Å². The fourth-order valence-corrected chi connectivity index (χ4v) is 0.587. The number of nitrogens with zero attached hydrogens (tertiary/aromatic N) is 1. The molecule has 0 aliphatic rings. The van der Waals surface area contributed by atoms with Gasteiger partial charge in [0.1, 0.15) is 6.26 Å². The molecule has 1 aromatic rings. The number of alkyl halides is 1. The normalized spacial score (nSPS) is 8.67. The summed E-state index contributed by atoms with van der Waals surface area (Å²) in [6.45, 7) is 1.86. The van der Waals surface area contributed by atoms with Gasteiger partial charge in [-0.25, -0.2) is 4.98 Å². The van der Waals surface area contributed by atoms with E-state index in [1.165, 1.54) is 0 Å². The lowest BCUT2D eigenvalue weighted by molar-refractivity contribution is 0.515. The molecule has 0 saturated carbocycles. The molecular formula is C5H7Cl2NO. The zero-order valence-electron chi connectivity index (χ0n) is 4.93. The van der Waals surface area contributed by atoms with Gasteiger partial charge >= 0.3 is 0 Å². The van der Waals surface area contributed by atoms with Gasteiger partial charge in [-0.15, -0.1) is 24.0 Å². The summed E-state index contributed by atoms with van der Waals surface area (Å²) >= 11 is 5.38. The zero-order chi connectivity index (χ0) is 5.98. The number of hydrogen-bond acceptors (Lipinski definition) is 2. The van der Waals surface area contributed by atoms with Crippen molar-refractivity contribution < 1.29 is 4.42 Å². The van der Waals surface area contributed by atoms with Crippen molar-refractivity contribution in [2.75, 3.05) is 0 Å². The lowest BCUT2D eigenvalue weighted by atomic mass is 10.6. The highest BCUT2D eigenvalue weighted by Crippen LogP contribution is 2.01. The fourth-order valence-electron chi connectivity index (χ4n) is 0.464. The third-order valence-electron chi connectivity index (χ3n) is 0.781. The standard InChI is InChI=1S/C5H6ClNO.ClH/c1-4-3-8-5(2-6)7-4;/h3H,2H2,1H3;1H. The predicted molar refractivity (Wildman–Crippen MR) is 38.0 cm³/mol. The van der Waals surface area contributed by atoms with Crippen molar-refractivity contribution >= 4 is 24.0 Å². The van der Waals surface area contributed by atoms with Gasteiger partial charge in [0.05, 0.1) is 11.6 Å². The molecule has 0 unspecified atom stereocenters. The van der Waals surface area contributed by atoms with E-state index in [-0.39, 0.29) is 12.4 Å². The van der Waals surface area contributed by atoms with Crippen molar-refractivity contribution in [2.45, 2.75) is 12.8 Å². The van der Waals surface area contributed by atoms with Gasteiger partial charge in [0, 0.05) is 0 Å². The Morgan fingerprint density at radius 3 is 2.67 bits per heavy atom. The first-order chi connectivity index (χ1) is 3.83. The van der Waals surface area contributed by atoms with Gasteiger partial charge in [-0.3, -0.25) is 0 Å². The van der Waals surface area contributed by atoms with Crippen molar-refractivity contribution in [1.82, 2.24) is 4.98 Å². The average molecular weight is 168 g/mol. The first kappa shape index (κ1) is 8.79. The van der Waals surface area contributed by atoms with Crippen molar-refractivity contribution in [3.8, 4) is 0 Å². The lowest BCUT2D eigenvalue weighted by Gasteiger charge is -1.76. The molecule has 0 aliphatic heterocycles. The largest absolute Gasteiger partial charge is 0.447 e. The quantitative estimate of drug-likeness (QED) is 0.600. The molecule has 52 valence electrons. The molecule has 1 rings (SSSR count). The third kappa shape index (κ3) is 2.24. The highest BCUT2D eigenvalue weighted by Gasteiger charge is 1.94. The van der Waals surface area contributed by atoms with Crippen LogP contribution in [-0.4, -0.2) is 4.98 Å². The molecule has 1 aromatic heterocycles. The number of halogens is 2. The molecule has 0 saturated heterocycles. The summed E-state index contributed by atoms with van der Waals surface area (Å²) in [5, 5.41) is 0. The highest BCUT2D eigenvalue weighted by atomic mass is 35.5. The Morgan fingerprint density at radius 2 is 2.44 bits per heavy atom.